The summed E-state index contributed by atoms with van der Waals surface area (Å²) in [6.45, 7) is 2.17. The molecule has 0 aliphatic heterocycles. The molecule has 2 N–H and O–H groups in total. The summed E-state index contributed by atoms with van der Waals surface area (Å²) in [4.78, 5) is 0. The third kappa shape index (κ3) is 3.26. The van der Waals surface area contributed by atoms with Crippen LogP contribution in [-0.2, 0) is 0 Å². The lowest BCUT2D eigenvalue weighted by atomic mass is 10.0. The van der Waals surface area contributed by atoms with E-state index in [0.29, 0.717) is 0 Å². The minimum absolute atomic E-state index is 0.128. The van der Waals surface area contributed by atoms with Crippen LogP contribution in [0.15, 0.2) is 22.7 Å². The van der Waals surface area contributed by atoms with Gasteiger partial charge in [-0.05, 0) is 40.0 Å². The monoisotopic (exact) mass is 275 g/mol. The fourth-order valence-electron chi connectivity index (χ4n) is 1.33. The smallest absolute Gasteiger partial charge is 0.0548 e. The van der Waals surface area contributed by atoms with Crippen molar-refractivity contribution in [1.29, 1.82) is 0 Å². The molecule has 14 heavy (non-hydrogen) atoms. The second-order valence-corrected chi connectivity index (χ2v) is 4.68. The van der Waals surface area contributed by atoms with E-state index >= 15 is 0 Å². The summed E-state index contributed by atoms with van der Waals surface area (Å²) < 4.78 is 0.920. The van der Waals surface area contributed by atoms with Crippen molar-refractivity contribution in [3.63, 3.8) is 0 Å². The van der Waals surface area contributed by atoms with Gasteiger partial charge in [0.05, 0.1) is 5.02 Å². The van der Waals surface area contributed by atoms with Crippen LogP contribution in [-0.4, -0.2) is 0 Å². The summed E-state index contributed by atoms with van der Waals surface area (Å²) in [5.41, 5.74) is 7.18. The van der Waals surface area contributed by atoms with E-state index in [1.54, 1.807) is 0 Å². The highest BCUT2D eigenvalue weighted by Gasteiger charge is 2.06. The summed E-state index contributed by atoms with van der Waals surface area (Å²) in [6, 6.07) is 6.01. The lowest BCUT2D eigenvalue weighted by Crippen LogP contribution is -2.09. The Morgan fingerprint density at radius 3 is 2.79 bits per heavy atom. The Hall–Kier alpha value is -0.0500. The highest BCUT2D eigenvalue weighted by Crippen LogP contribution is 2.26. The molecule has 1 rings (SSSR count). The van der Waals surface area contributed by atoms with Gasteiger partial charge in [-0.3, -0.25) is 0 Å². The molecule has 0 fully saturated rings. The van der Waals surface area contributed by atoms with Gasteiger partial charge < -0.3 is 5.73 Å². The second kappa shape index (κ2) is 5.74. The minimum atomic E-state index is 0.128. The summed E-state index contributed by atoms with van der Waals surface area (Å²) in [5.74, 6) is 0. The van der Waals surface area contributed by atoms with E-state index in [9.17, 15) is 0 Å². The van der Waals surface area contributed by atoms with Crippen molar-refractivity contribution in [2.75, 3.05) is 0 Å². The predicted octanol–water partition coefficient (Wildman–Crippen LogP) is 4.29. The molecule has 0 spiro atoms. The highest BCUT2D eigenvalue weighted by molar-refractivity contribution is 9.10. The van der Waals surface area contributed by atoms with E-state index in [4.69, 9.17) is 17.3 Å². The van der Waals surface area contributed by atoms with E-state index in [2.05, 4.69) is 22.9 Å². The van der Waals surface area contributed by atoms with Gasteiger partial charge in [0, 0.05) is 10.5 Å². The predicted molar refractivity (Wildman–Crippen MR) is 65.6 cm³/mol. The molecule has 1 aromatic rings. The highest BCUT2D eigenvalue weighted by atomic mass is 79.9. The zero-order chi connectivity index (χ0) is 10.6. The zero-order valence-electron chi connectivity index (χ0n) is 8.26. The Kier molecular flexibility index (Phi) is 4.93. The maximum atomic E-state index is 6.04. The summed E-state index contributed by atoms with van der Waals surface area (Å²) >= 11 is 9.30. The van der Waals surface area contributed by atoms with Gasteiger partial charge in [0.25, 0.3) is 0 Å². The Bertz CT molecular complexity index is 301. The van der Waals surface area contributed by atoms with Crippen molar-refractivity contribution in [3.05, 3.63) is 33.3 Å². The van der Waals surface area contributed by atoms with Crippen LogP contribution >= 0.6 is 27.5 Å². The molecule has 1 nitrogen and oxygen atoms in total. The quantitative estimate of drug-likeness (QED) is 0.872. The van der Waals surface area contributed by atoms with Crippen LogP contribution in [0.25, 0.3) is 0 Å². The fraction of sp³-hybridized carbons (Fsp3) is 0.455. The molecule has 0 saturated carbocycles. The van der Waals surface area contributed by atoms with Gasteiger partial charge in [-0.2, -0.15) is 0 Å². The lowest BCUT2D eigenvalue weighted by molar-refractivity contribution is 0.603. The van der Waals surface area contributed by atoms with Gasteiger partial charge in [-0.25, -0.2) is 0 Å². The molecular weight excluding hydrogens is 261 g/mol. The molecule has 78 valence electrons. The first kappa shape index (κ1) is 12.0. The average molecular weight is 277 g/mol. The van der Waals surface area contributed by atoms with Gasteiger partial charge in [-0.15, -0.1) is 0 Å². The van der Waals surface area contributed by atoms with E-state index in [0.717, 1.165) is 21.5 Å². The van der Waals surface area contributed by atoms with Crippen molar-refractivity contribution in [2.24, 2.45) is 5.73 Å². The summed E-state index contributed by atoms with van der Waals surface area (Å²) in [7, 11) is 0. The van der Waals surface area contributed by atoms with Crippen molar-refractivity contribution in [3.8, 4) is 0 Å². The van der Waals surface area contributed by atoms with Crippen LogP contribution in [0.4, 0.5) is 0 Å². The van der Waals surface area contributed by atoms with E-state index in [-0.39, 0.29) is 6.04 Å². The number of hydrogen-bond donors (Lipinski definition) is 1. The first-order valence-corrected chi connectivity index (χ1v) is 6.02. The second-order valence-electron chi connectivity index (χ2n) is 3.42. The topological polar surface area (TPSA) is 26.0 Å². The molecule has 0 aromatic heterocycles. The summed E-state index contributed by atoms with van der Waals surface area (Å²) in [5, 5.41) is 0.733. The van der Waals surface area contributed by atoms with Crippen LogP contribution in [0.1, 0.15) is 37.8 Å². The van der Waals surface area contributed by atoms with Crippen LogP contribution < -0.4 is 5.73 Å². The Balaban J connectivity index is 2.70. The number of rotatable bonds is 4. The molecule has 0 aliphatic carbocycles. The first-order valence-electron chi connectivity index (χ1n) is 4.85. The third-order valence-corrected chi connectivity index (χ3v) is 3.45. The van der Waals surface area contributed by atoms with Gasteiger partial charge in [0.1, 0.15) is 0 Å². The maximum Gasteiger partial charge on any atom is 0.0548 e. The first-order chi connectivity index (χ1) is 6.65. The number of nitrogens with two attached hydrogens (primary N) is 1. The van der Waals surface area contributed by atoms with E-state index < -0.39 is 0 Å². The van der Waals surface area contributed by atoms with E-state index in [1.807, 2.05) is 18.2 Å². The molecule has 0 heterocycles. The SMILES string of the molecule is CCCC[C@H](N)c1ccc(Cl)c(Br)c1. The normalized spacial score (nSPS) is 12.9. The number of hydrogen-bond acceptors (Lipinski definition) is 1. The van der Waals surface area contributed by atoms with Gasteiger partial charge >= 0.3 is 0 Å². The molecule has 1 aromatic carbocycles. The van der Waals surface area contributed by atoms with Crippen LogP contribution in [0.3, 0.4) is 0 Å². The molecule has 1 atom stereocenters. The maximum absolute atomic E-state index is 6.04. The fourth-order valence-corrected chi connectivity index (χ4v) is 1.85. The number of halogens is 2. The number of benzene rings is 1. The van der Waals surface area contributed by atoms with Crippen LogP contribution in [0.5, 0.6) is 0 Å². The van der Waals surface area contributed by atoms with Crippen LogP contribution in [0.2, 0.25) is 5.02 Å². The van der Waals surface area contributed by atoms with Crippen molar-refractivity contribution >= 4 is 27.5 Å². The minimum Gasteiger partial charge on any atom is -0.324 e. The molecule has 0 aliphatic rings. The third-order valence-electron chi connectivity index (χ3n) is 2.24. The Morgan fingerprint density at radius 1 is 1.50 bits per heavy atom. The standard InChI is InChI=1S/C11H15BrClN/c1-2-3-4-11(14)8-5-6-10(13)9(12)7-8/h5-7,11H,2-4,14H2,1H3/t11-/m0/s1. The summed E-state index contributed by atoms with van der Waals surface area (Å²) in [6.07, 6.45) is 3.38. The zero-order valence-corrected chi connectivity index (χ0v) is 10.6. The molecule has 3 heteroatoms. The van der Waals surface area contributed by atoms with Gasteiger partial charge in [0.15, 0.2) is 0 Å². The van der Waals surface area contributed by atoms with E-state index in [1.165, 1.54) is 12.8 Å². The largest absolute Gasteiger partial charge is 0.324 e. The molecular formula is C11H15BrClN. The average Bonchev–Trinajstić information content (AvgIpc) is 2.18. The van der Waals surface area contributed by atoms with Gasteiger partial charge in [0.2, 0.25) is 0 Å². The van der Waals surface area contributed by atoms with Crippen molar-refractivity contribution in [1.82, 2.24) is 0 Å². The lowest BCUT2D eigenvalue weighted by Gasteiger charge is -2.12. The van der Waals surface area contributed by atoms with Crippen molar-refractivity contribution in [2.45, 2.75) is 32.2 Å². The van der Waals surface area contributed by atoms with Crippen LogP contribution in [0, 0.1) is 0 Å². The molecule has 0 saturated heterocycles. The number of unbranched alkanes of at least 4 members (excludes halogenated alkanes) is 1. The molecule has 0 bridgehead atoms. The molecule has 0 amide bonds. The van der Waals surface area contributed by atoms with Crippen molar-refractivity contribution < 1.29 is 0 Å². The Morgan fingerprint density at radius 2 is 2.21 bits per heavy atom. The van der Waals surface area contributed by atoms with Gasteiger partial charge in [-0.1, -0.05) is 37.4 Å². The molecule has 0 unspecified atom stereocenters. The molecule has 0 radical (unpaired) electrons. The Labute approximate surface area is 98.8 Å².